The van der Waals surface area contributed by atoms with Gasteiger partial charge in [-0.2, -0.15) is 0 Å². The lowest BCUT2D eigenvalue weighted by Gasteiger charge is -2.06. The van der Waals surface area contributed by atoms with E-state index in [1.807, 2.05) is 13.8 Å². The number of thiol groups is 4. The molecule has 0 aromatic heterocycles. The van der Waals surface area contributed by atoms with Gasteiger partial charge in [0.2, 0.25) is 0 Å². The molecule has 0 nitrogen and oxygen atoms in total. The van der Waals surface area contributed by atoms with Crippen molar-refractivity contribution in [3.8, 4) is 0 Å². The van der Waals surface area contributed by atoms with Crippen LogP contribution in [0, 0.1) is 0 Å². The maximum atomic E-state index is 4.29. The molecule has 0 aromatic carbocycles. The largest absolute Gasteiger partial charge is 0.148 e. The molecule has 0 N–H and O–H groups in total. The van der Waals surface area contributed by atoms with Gasteiger partial charge in [-0.25, -0.2) is 0 Å². The van der Waals surface area contributed by atoms with Crippen LogP contribution in [0.2, 0.25) is 0 Å². The summed E-state index contributed by atoms with van der Waals surface area (Å²) in [5.41, 5.74) is 0.988. The van der Waals surface area contributed by atoms with Gasteiger partial charge in [0, 0.05) is 14.7 Å². The molecule has 0 bridgehead atoms. The van der Waals surface area contributed by atoms with Crippen LogP contribution in [-0.2, 0) is 0 Å². The number of rotatable bonds is 2. The molecule has 0 amide bonds. The van der Waals surface area contributed by atoms with Crippen LogP contribution in [0.5, 0.6) is 0 Å². The van der Waals surface area contributed by atoms with Gasteiger partial charge in [0.15, 0.2) is 0 Å². The van der Waals surface area contributed by atoms with E-state index in [1.165, 1.54) is 0 Å². The molecule has 0 atom stereocenters. The lowest BCUT2D eigenvalue weighted by Crippen LogP contribution is -1.83. The minimum absolute atomic E-state index is 0.609. The molecule has 12 heavy (non-hydrogen) atoms. The highest BCUT2D eigenvalue weighted by Gasteiger charge is 2.03. The number of hydrogen-bond donors (Lipinski definition) is 4. The summed E-state index contributed by atoms with van der Waals surface area (Å²) >= 11 is 16.8. The van der Waals surface area contributed by atoms with E-state index >= 15 is 0 Å². The van der Waals surface area contributed by atoms with Crippen molar-refractivity contribution in [2.45, 2.75) is 13.8 Å². The van der Waals surface area contributed by atoms with Crippen LogP contribution in [0.1, 0.15) is 13.8 Å². The Kier molecular flexibility index (Phi) is 5.65. The van der Waals surface area contributed by atoms with Gasteiger partial charge in [-0.3, -0.25) is 0 Å². The molecule has 0 aliphatic carbocycles. The topological polar surface area (TPSA) is 0 Å². The lowest BCUT2D eigenvalue weighted by atomic mass is 10.2. The Bertz CT molecular complexity index is 256. The standard InChI is InChI=1S/C8H12S4/c1-4(5(2)9)7(11)8(12)6(3)10/h9-12H,3H2,1-2H3/b5-4+,8-7-. The molecule has 0 aliphatic heterocycles. The van der Waals surface area contributed by atoms with Gasteiger partial charge < -0.3 is 0 Å². The second-order valence-corrected chi connectivity index (χ2v) is 4.46. The summed E-state index contributed by atoms with van der Waals surface area (Å²) < 4.78 is 0. The van der Waals surface area contributed by atoms with E-state index in [0.29, 0.717) is 9.81 Å². The van der Waals surface area contributed by atoms with E-state index < -0.39 is 0 Å². The van der Waals surface area contributed by atoms with Crippen LogP contribution in [0.25, 0.3) is 0 Å². The molecule has 0 heterocycles. The van der Waals surface area contributed by atoms with Crippen LogP contribution < -0.4 is 0 Å². The average molecular weight is 236 g/mol. The van der Waals surface area contributed by atoms with Crippen molar-refractivity contribution in [3.63, 3.8) is 0 Å². The smallest absolute Gasteiger partial charge is 0.0305 e. The first-order valence-corrected chi connectivity index (χ1v) is 5.04. The van der Waals surface area contributed by atoms with E-state index in [4.69, 9.17) is 0 Å². The third-order valence-corrected chi connectivity index (χ3v) is 3.36. The zero-order valence-electron chi connectivity index (χ0n) is 7.00. The Morgan fingerprint density at radius 1 is 0.917 bits per heavy atom. The number of hydrogen-bond acceptors (Lipinski definition) is 4. The van der Waals surface area contributed by atoms with Crippen LogP contribution in [-0.4, -0.2) is 0 Å². The minimum Gasteiger partial charge on any atom is -0.148 e. The molecule has 0 aromatic rings. The van der Waals surface area contributed by atoms with Gasteiger partial charge in [0.05, 0.1) is 0 Å². The maximum Gasteiger partial charge on any atom is 0.0305 e. The monoisotopic (exact) mass is 236 g/mol. The first kappa shape index (κ1) is 12.6. The van der Waals surface area contributed by atoms with Gasteiger partial charge in [-0.1, -0.05) is 6.58 Å². The van der Waals surface area contributed by atoms with Crippen LogP contribution >= 0.6 is 50.5 Å². The van der Waals surface area contributed by atoms with E-state index in [9.17, 15) is 0 Å². The van der Waals surface area contributed by atoms with Crippen LogP contribution in [0.3, 0.4) is 0 Å². The predicted octanol–water partition coefficient (Wildman–Crippen LogP) is 3.72. The number of allylic oxidation sites excluding steroid dienone is 2. The summed E-state index contributed by atoms with van der Waals surface area (Å²) in [7, 11) is 0. The van der Waals surface area contributed by atoms with Crippen molar-refractivity contribution in [3.05, 3.63) is 31.8 Å². The fraction of sp³-hybridized carbons (Fsp3) is 0.250. The maximum absolute atomic E-state index is 4.29. The molecule has 0 unspecified atom stereocenters. The fourth-order valence-electron chi connectivity index (χ4n) is 0.486. The average Bonchev–Trinajstić information content (AvgIpc) is 2.00. The zero-order valence-corrected chi connectivity index (χ0v) is 10.6. The van der Waals surface area contributed by atoms with E-state index in [2.05, 4.69) is 57.1 Å². The molecule has 0 saturated carbocycles. The first-order chi connectivity index (χ1) is 5.37. The Labute approximate surface area is 95.8 Å². The molecule has 0 aliphatic rings. The van der Waals surface area contributed by atoms with E-state index in [-0.39, 0.29) is 0 Å². The fourth-order valence-corrected chi connectivity index (χ4v) is 1.36. The summed E-state index contributed by atoms with van der Waals surface area (Å²) in [5.74, 6) is 0. The van der Waals surface area contributed by atoms with E-state index in [1.54, 1.807) is 0 Å². The Hall–Kier alpha value is 0.620. The molecule has 0 rings (SSSR count). The zero-order chi connectivity index (χ0) is 9.89. The molecule has 0 spiro atoms. The highest BCUT2D eigenvalue weighted by atomic mass is 32.1. The predicted molar refractivity (Wildman–Crippen MR) is 70.5 cm³/mol. The molecule has 68 valence electrons. The Morgan fingerprint density at radius 2 is 1.33 bits per heavy atom. The third-order valence-electron chi connectivity index (χ3n) is 1.40. The summed E-state index contributed by atoms with van der Waals surface area (Å²) in [6, 6.07) is 0. The lowest BCUT2D eigenvalue weighted by molar-refractivity contribution is 1.43. The van der Waals surface area contributed by atoms with Crippen molar-refractivity contribution in [1.29, 1.82) is 0 Å². The third kappa shape index (κ3) is 3.56. The quantitative estimate of drug-likeness (QED) is 0.408. The van der Waals surface area contributed by atoms with Crippen molar-refractivity contribution < 1.29 is 0 Å². The van der Waals surface area contributed by atoms with Crippen molar-refractivity contribution >= 4 is 50.5 Å². The SMILES string of the molecule is C=C(S)/C(S)=C(S)\C(C)=C(/C)S. The van der Waals surface area contributed by atoms with Gasteiger partial charge in [0.25, 0.3) is 0 Å². The van der Waals surface area contributed by atoms with Crippen molar-refractivity contribution in [1.82, 2.24) is 0 Å². The van der Waals surface area contributed by atoms with Gasteiger partial charge in [-0.15, -0.1) is 50.5 Å². The summed E-state index contributed by atoms with van der Waals surface area (Å²) in [6.07, 6.45) is 0. The van der Waals surface area contributed by atoms with E-state index in [0.717, 1.165) is 15.4 Å². The Morgan fingerprint density at radius 3 is 1.58 bits per heavy atom. The summed E-state index contributed by atoms with van der Waals surface area (Å²) in [5, 5.41) is 0. The highest BCUT2D eigenvalue weighted by molar-refractivity contribution is 7.92. The molecule has 0 radical (unpaired) electrons. The second-order valence-electron chi connectivity index (χ2n) is 2.35. The summed E-state index contributed by atoms with van der Waals surface area (Å²) in [4.78, 5) is 2.98. The molecular formula is C8H12S4. The normalized spacial score (nSPS) is 15.2. The van der Waals surface area contributed by atoms with Crippen molar-refractivity contribution in [2.24, 2.45) is 0 Å². The Balaban J connectivity index is 5.06. The van der Waals surface area contributed by atoms with Crippen LogP contribution in [0.4, 0.5) is 0 Å². The van der Waals surface area contributed by atoms with Gasteiger partial charge in [-0.05, 0) is 24.3 Å². The summed E-state index contributed by atoms with van der Waals surface area (Å²) in [6.45, 7) is 7.48. The van der Waals surface area contributed by atoms with Crippen molar-refractivity contribution in [2.75, 3.05) is 0 Å². The first-order valence-electron chi connectivity index (χ1n) is 3.25. The molecular weight excluding hydrogens is 224 g/mol. The van der Waals surface area contributed by atoms with Gasteiger partial charge >= 0.3 is 0 Å². The minimum atomic E-state index is 0.609. The van der Waals surface area contributed by atoms with Gasteiger partial charge in [0.1, 0.15) is 0 Å². The molecule has 0 saturated heterocycles. The van der Waals surface area contributed by atoms with Crippen LogP contribution in [0.15, 0.2) is 31.8 Å². The molecule has 4 heteroatoms. The second kappa shape index (κ2) is 5.37. The highest BCUT2D eigenvalue weighted by Crippen LogP contribution is 2.29. The molecule has 0 fully saturated rings.